The van der Waals surface area contributed by atoms with Crippen molar-refractivity contribution in [3.63, 3.8) is 0 Å². The first-order chi connectivity index (χ1) is 6.40. The molecule has 0 bridgehead atoms. The van der Waals surface area contributed by atoms with Crippen LogP contribution in [0, 0.1) is 0 Å². The minimum Gasteiger partial charge on any atom is -0.780 e. The van der Waals surface area contributed by atoms with E-state index in [1.807, 2.05) is 0 Å². The molecule has 1 N–H and O–H groups in total. The molecule has 0 heterocycles. The summed E-state index contributed by atoms with van der Waals surface area (Å²) in [6.45, 7) is 0. The molecule has 0 radical (unpaired) electrons. The Morgan fingerprint density at radius 1 is 1.25 bits per heavy atom. The standard InChI is InChI=1S/C7H7O6P.2Na/c8-6-4-2-1-3-5(6)7(9)13-14(10,11)12;;/h1-4,8H,(H2,10,11,12);;/q;2*+1/p-2. The van der Waals surface area contributed by atoms with Crippen molar-refractivity contribution in [3.8, 4) is 5.75 Å². The number of hydrogen-bond donors (Lipinski definition) is 1. The van der Waals surface area contributed by atoms with E-state index in [1.165, 1.54) is 12.1 Å². The van der Waals surface area contributed by atoms with Gasteiger partial charge in [-0.05, 0) is 12.1 Å². The van der Waals surface area contributed by atoms with E-state index < -0.39 is 19.5 Å². The van der Waals surface area contributed by atoms with Crippen LogP contribution < -0.4 is 68.9 Å². The molecule has 0 fully saturated rings. The van der Waals surface area contributed by atoms with Crippen molar-refractivity contribution in [1.82, 2.24) is 0 Å². The molecule has 0 saturated carbocycles. The van der Waals surface area contributed by atoms with Crippen LogP contribution >= 0.6 is 7.82 Å². The zero-order chi connectivity index (χ0) is 10.8. The Bertz CT molecular complexity index is 404. The number of carbonyl (C=O) groups is 1. The van der Waals surface area contributed by atoms with Gasteiger partial charge in [-0.25, -0.2) is 4.79 Å². The number of phosphoric acid groups is 1. The van der Waals surface area contributed by atoms with E-state index >= 15 is 0 Å². The van der Waals surface area contributed by atoms with Gasteiger partial charge < -0.3 is 24.0 Å². The molecule has 0 aliphatic carbocycles. The largest absolute Gasteiger partial charge is 1.00 e. The molecule has 9 heteroatoms. The normalized spacial score (nSPS) is 9.62. The molecule has 6 nitrogen and oxygen atoms in total. The number of aromatic hydroxyl groups is 1. The molecular formula is C7H5Na2O6P. The molecule has 16 heavy (non-hydrogen) atoms. The van der Waals surface area contributed by atoms with Crippen molar-refractivity contribution >= 4 is 13.8 Å². The van der Waals surface area contributed by atoms with Crippen molar-refractivity contribution < 1.29 is 87.9 Å². The maximum absolute atomic E-state index is 10.9. The first kappa shape index (κ1) is 19.0. The van der Waals surface area contributed by atoms with Gasteiger partial charge in [-0.1, -0.05) is 12.1 Å². The molecule has 0 atom stereocenters. The van der Waals surface area contributed by atoms with Crippen LogP contribution in [0.25, 0.3) is 0 Å². The third-order valence-corrected chi connectivity index (χ3v) is 1.71. The van der Waals surface area contributed by atoms with Crippen LogP contribution in [0.5, 0.6) is 5.75 Å². The molecule has 76 valence electrons. The molecule has 0 amide bonds. The van der Waals surface area contributed by atoms with Gasteiger partial charge in [0.05, 0.1) is 0 Å². The molecule has 0 aliphatic heterocycles. The summed E-state index contributed by atoms with van der Waals surface area (Å²) < 4.78 is 13.6. The van der Waals surface area contributed by atoms with Gasteiger partial charge in [0.25, 0.3) is 0 Å². The number of benzene rings is 1. The average molecular weight is 262 g/mol. The van der Waals surface area contributed by atoms with E-state index in [0.717, 1.165) is 12.1 Å². The minimum atomic E-state index is -5.37. The molecule has 0 aromatic heterocycles. The van der Waals surface area contributed by atoms with Crippen LogP contribution in [0.3, 0.4) is 0 Å². The second-order valence-corrected chi connectivity index (χ2v) is 3.42. The van der Waals surface area contributed by atoms with Crippen molar-refractivity contribution in [2.24, 2.45) is 0 Å². The van der Waals surface area contributed by atoms with E-state index in [-0.39, 0.29) is 64.7 Å². The van der Waals surface area contributed by atoms with Gasteiger partial charge in [0.15, 0.2) is 0 Å². The van der Waals surface area contributed by atoms with E-state index in [0.29, 0.717) is 0 Å². The van der Waals surface area contributed by atoms with Gasteiger partial charge in [0.2, 0.25) is 0 Å². The molecule has 0 spiro atoms. The monoisotopic (exact) mass is 262 g/mol. The summed E-state index contributed by atoms with van der Waals surface area (Å²) in [5, 5.41) is 9.08. The molecule has 1 aromatic rings. The summed E-state index contributed by atoms with van der Waals surface area (Å²) in [7, 11) is -5.37. The van der Waals surface area contributed by atoms with Crippen LogP contribution in [0.2, 0.25) is 0 Å². The Morgan fingerprint density at radius 2 is 1.75 bits per heavy atom. The average Bonchev–Trinajstić information content (AvgIpc) is 2.01. The Balaban J connectivity index is 0. The number of hydrogen-bond acceptors (Lipinski definition) is 6. The van der Waals surface area contributed by atoms with Crippen LogP contribution in [-0.2, 0) is 9.09 Å². The quantitative estimate of drug-likeness (QED) is 0.419. The summed E-state index contributed by atoms with van der Waals surface area (Å²) >= 11 is 0. The predicted octanol–water partition coefficient (Wildman–Crippen LogP) is -6.61. The number of phosphoric ester groups is 1. The molecule has 1 aromatic carbocycles. The Kier molecular flexibility index (Phi) is 9.34. The summed E-state index contributed by atoms with van der Waals surface area (Å²) in [5.74, 6) is -1.85. The summed E-state index contributed by atoms with van der Waals surface area (Å²) in [6.07, 6.45) is 0. The number of carbonyl (C=O) groups excluding carboxylic acids is 1. The van der Waals surface area contributed by atoms with E-state index in [1.54, 1.807) is 0 Å². The summed E-state index contributed by atoms with van der Waals surface area (Å²) in [6, 6.07) is 5.11. The second kappa shape index (κ2) is 7.87. The SMILES string of the molecule is O=C(OP(=O)([O-])[O-])c1ccccc1O.[Na+].[Na+]. The van der Waals surface area contributed by atoms with Gasteiger partial charge in [0.1, 0.15) is 19.1 Å². The maximum Gasteiger partial charge on any atom is 1.00 e. The van der Waals surface area contributed by atoms with Crippen molar-refractivity contribution in [2.45, 2.75) is 0 Å². The van der Waals surface area contributed by atoms with Gasteiger partial charge in [-0.15, -0.1) is 0 Å². The van der Waals surface area contributed by atoms with Gasteiger partial charge in [-0.2, -0.15) is 0 Å². The smallest absolute Gasteiger partial charge is 0.780 e. The first-order valence-electron chi connectivity index (χ1n) is 3.44. The predicted molar refractivity (Wildman–Crippen MR) is 41.1 cm³/mol. The number of phenols is 1. The molecule has 0 unspecified atom stereocenters. The fourth-order valence-corrected chi connectivity index (χ4v) is 1.10. The second-order valence-electron chi connectivity index (χ2n) is 2.34. The third kappa shape index (κ3) is 6.39. The van der Waals surface area contributed by atoms with Crippen LogP contribution in [0.4, 0.5) is 0 Å². The van der Waals surface area contributed by atoms with Gasteiger partial charge in [0, 0.05) is 0 Å². The Morgan fingerprint density at radius 3 is 2.19 bits per heavy atom. The maximum atomic E-state index is 10.9. The van der Waals surface area contributed by atoms with E-state index in [9.17, 15) is 19.1 Å². The number of para-hydroxylation sites is 1. The van der Waals surface area contributed by atoms with Crippen molar-refractivity contribution in [3.05, 3.63) is 29.8 Å². The molecule has 1 rings (SSSR count). The fraction of sp³-hybridized carbons (Fsp3) is 0. The number of phenolic OH excluding ortho intramolecular Hbond substituents is 1. The van der Waals surface area contributed by atoms with Crippen LogP contribution in [0.1, 0.15) is 10.4 Å². The Hall–Kier alpha value is 0.640. The minimum absolute atomic E-state index is 0. The van der Waals surface area contributed by atoms with Crippen LogP contribution in [0.15, 0.2) is 24.3 Å². The van der Waals surface area contributed by atoms with Gasteiger partial charge >= 0.3 is 65.1 Å². The topological polar surface area (TPSA) is 110 Å². The fourth-order valence-electron chi connectivity index (χ4n) is 0.797. The molecular weight excluding hydrogens is 257 g/mol. The van der Waals surface area contributed by atoms with Gasteiger partial charge in [-0.3, -0.25) is 0 Å². The molecule has 0 saturated heterocycles. The van der Waals surface area contributed by atoms with E-state index in [4.69, 9.17) is 5.11 Å². The first-order valence-corrected chi connectivity index (χ1v) is 4.90. The number of rotatable bonds is 2. The van der Waals surface area contributed by atoms with E-state index in [2.05, 4.69) is 4.52 Å². The van der Waals surface area contributed by atoms with Crippen LogP contribution in [-0.4, -0.2) is 11.1 Å². The van der Waals surface area contributed by atoms with Crippen molar-refractivity contribution in [1.29, 1.82) is 0 Å². The zero-order valence-electron chi connectivity index (χ0n) is 8.75. The van der Waals surface area contributed by atoms with Crippen molar-refractivity contribution in [2.75, 3.05) is 0 Å². The third-order valence-electron chi connectivity index (χ3n) is 1.32. The molecule has 0 aliphatic rings. The zero-order valence-corrected chi connectivity index (χ0v) is 13.6. The Labute approximate surface area is 136 Å². The summed E-state index contributed by atoms with van der Waals surface area (Å²) in [5.41, 5.74) is -0.376. The summed E-state index contributed by atoms with van der Waals surface area (Å²) in [4.78, 5) is 31.1.